The van der Waals surface area contributed by atoms with Crippen LogP contribution in [0.15, 0.2) is 54.6 Å². The van der Waals surface area contributed by atoms with Crippen molar-refractivity contribution < 1.29 is 0 Å². The van der Waals surface area contributed by atoms with E-state index in [1.807, 2.05) is 10.7 Å². The Hall–Kier alpha value is -2.73. The van der Waals surface area contributed by atoms with Crippen LogP contribution in [-0.4, -0.2) is 58.3 Å². The van der Waals surface area contributed by atoms with Gasteiger partial charge in [0.05, 0.1) is 6.54 Å². The van der Waals surface area contributed by atoms with Gasteiger partial charge in [-0.15, -0.1) is 0 Å². The summed E-state index contributed by atoms with van der Waals surface area (Å²) in [5.74, 6) is 0.881. The minimum atomic E-state index is 0.639. The van der Waals surface area contributed by atoms with E-state index in [0.29, 0.717) is 12.6 Å². The Morgan fingerprint density at radius 1 is 0.929 bits per heavy atom. The van der Waals surface area contributed by atoms with Gasteiger partial charge in [-0.2, -0.15) is 0 Å². The summed E-state index contributed by atoms with van der Waals surface area (Å²) >= 11 is 0. The van der Waals surface area contributed by atoms with Crippen molar-refractivity contribution in [3.63, 3.8) is 0 Å². The van der Waals surface area contributed by atoms with E-state index in [4.69, 9.17) is 0 Å². The molecule has 2 heterocycles. The molecule has 1 aliphatic rings. The van der Waals surface area contributed by atoms with E-state index in [1.54, 1.807) is 0 Å². The first-order chi connectivity index (χ1) is 13.7. The SMILES string of the molecule is CN(C)[C@@H]1CCCN(c2nnnn2Cc2ccc(-c3ccccc3)cc2)CC1. The number of nitrogens with zero attached hydrogens (tertiary/aromatic N) is 6. The Morgan fingerprint density at radius 3 is 2.43 bits per heavy atom. The average molecular weight is 377 g/mol. The number of rotatable bonds is 5. The largest absolute Gasteiger partial charge is 0.340 e. The highest BCUT2D eigenvalue weighted by molar-refractivity contribution is 5.63. The van der Waals surface area contributed by atoms with Crippen LogP contribution in [0.3, 0.4) is 0 Å². The van der Waals surface area contributed by atoms with Gasteiger partial charge in [0.1, 0.15) is 0 Å². The number of tetrazole rings is 1. The average Bonchev–Trinajstić information content (AvgIpc) is 3.03. The third-order valence-electron chi connectivity index (χ3n) is 5.62. The standard InChI is InChI=1S/C22H28N6/c1-26(2)21-9-6-15-27(16-14-21)22-23-24-25-28(22)17-18-10-12-20(13-11-18)19-7-4-3-5-8-19/h3-5,7-8,10-13,21H,6,9,14-17H2,1-2H3/t21-/m1/s1. The highest BCUT2D eigenvalue weighted by Gasteiger charge is 2.22. The molecule has 3 aromatic rings. The Morgan fingerprint density at radius 2 is 1.68 bits per heavy atom. The van der Waals surface area contributed by atoms with Gasteiger partial charge in [0, 0.05) is 19.1 Å². The normalized spacial score (nSPS) is 17.7. The topological polar surface area (TPSA) is 50.1 Å². The lowest BCUT2D eigenvalue weighted by Crippen LogP contribution is -2.31. The van der Waals surface area contributed by atoms with Crippen molar-refractivity contribution in [3.8, 4) is 11.1 Å². The van der Waals surface area contributed by atoms with Gasteiger partial charge in [-0.3, -0.25) is 0 Å². The number of anilines is 1. The zero-order valence-corrected chi connectivity index (χ0v) is 16.7. The third-order valence-corrected chi connectivity index (χ3v) is 5.62. The second kappa shape index (κ2) is 8.52. The molecule has 1 saturated heterocycles. The predicted molar refractivity (Wildman–Crippen MR) is 112 cm³/mol. The molecule has 1 aliphatic heterocycles. The van der Waals surface area contributed by atoms with E-state index in [0.717, 1.165) is 25.5 Å². The Balaban J connectivity index is 1.46. The van der Waals surface area contributed by atoms with E-state index in [-0.39, 0.29) is 0 Å². The molecule has 2 aromatic carbocycles. The quantitative estimate of drug-likeness (QED) is 0.684. The predicted octanol–water partition coefficient (Wildman–Crippen LogP) is 3.31. The zero-order valence-electron chi connectivity index (χ0n) is 16.7. The van der Waals surface area contributed by atoms with E-state index in [1.165, 1.54) is 29.5 Å². The van der Waals surface area contributed by atoms with Crippen LogP contribution in [-0.2, 0) is 6.54 Å². The summed E-state index contributed by atoms with van der Waals surface area (Å²) in [5, 5.41) is 12.5. The summed E-state index contributed by atoms with van der Waals surface area (Å²) in [6.45, 7) is 2.69. The van der Waals surface area contributed by atoms with Crippen molar-refractivity contribution >= 4 is 5.95 Å². The van der Waals surface area contributed by atoms with Gasteiger partial charge in [-0.1, -0.05) is 59.7 Å². The first-order valence-electron chi connectivity index (χ1n) is 10.0. The second-order valence-corrected chi connectivity index (χ2v) is 7.73. The molecule has 1 aromatic heterocycles. The molecule has 6 heteroatoms. The van der Waals surface area contributed by atoms with Crippen LogP contribution in [0.4, 0.5) is 5.95 Å². The summed E-state index contributed by atoms with van der Waals surface area (Å²) in [5.41, 5.74) is 3.66. The van der Waals surface area contributed by atoms with Gasteiger partial charge in [-0.05, 0) is 60.5 Å². The molecular formula is C22H28N6. The Bertz CT molecular complexity index is 872. The van der Waals surface area contributed by atoms with Crippen molar-refractivity contribution in [2.24, 2.45) is 0 Å². The second-order valence-electron chi connectivity index (χ2n) is 7.73. The number of benzene rings is 2. The molecular weight excluding hydrogens is 348 g/mol. The summed E-state index contributed by atoms with van der Waals surface area (Å²) < 4.78 is 1.92. The molecule has 0 unspecified atom stereocenters. The minimum Gasteiger partial charge on any atom is -0.340 e. The molecule has 0 N–H and O–H groups in total. The highest BCUT2D eigenvalue weighted by Crippen LogP contribution is 2.22. The first-order valence-corrected chi connectivity index (χ1v) is 10.0. The van der Waals surface area contributed by atoms with Gasteiger partial charge >= 0.3 is 0 Å². The summed E-state index contributed by atoms with van der Waals surface area (Å²) in [7, 11) is 4.34. The molecule has 0 aliphatic carbocycles. The van der Waals surface area contributed by atoms with Gasteiger partial charge in [0.25, 0.3) is 0 Å². The van der Waals surface area contributed by atoms with E-state index >= 15 is 0 Å². The molecule has 0 radical (unpaired) electrons. The molecule has 28 heavy (non-hydrogen) atoms. The fourth-order valence-electron chi connectivity index (χ4n) is 3.93. The lowest BCUT2D eigenvalue weighted by atomic mass is 10.0. The van der Waals surface area contributed by atoms with Gasteiger partial charge < -0.3 is 9.80 Å². The molecule has 0 amide bonds. The van der Waals surface area contributed by atoms with Crippen LogP contribution in [0.5, 0.6) is 0 Å². The number of hydrogen-bond acceptors (Lipinski definition) is 5. The smallest absolute Gasteiger partial charge is 0.245 e. The van der Waals surface area contributed by atoms with Crippen LogP contribution in [0.1, 0.15) is 24.8 Å². The maximum Gasteiger partial charge on any atom is 0.245 e. The maximum atomic E-state index is 4.33. The highest BCUT2D eigenvalue weighted by atomic mass is 15.6. The fraction of sp³-hybridized carbons (Fsp3) is 0.409. The molecule has 146 valence electrons. The van der Waals surface area contributed by atoms with Crippen molar-refractivity contribution in [2.75, 3.05) is 32.1 Å². The lowest BCUT2D eigenvalue weighted by molar-refractivity contribution is 0.272. The van der Waals surface area contributed by atoms with Crippen LogP contribution >= 0.6 is 0 Å². The molecule has 4 rings (SSSR count). The molecule has 1 atom stereocenters. The van der Waals surface area contributed by atoms with Crippen LogP contribution in [0, 0.1) is 0 Å². The zero-order chi connectivity index (χ0) is 19.3. The van der Waals surface area contributed by atoms with Crippen LogP contribution in [0.2, 0.25) is 0 Å². The Labute approximate surface area is 166 Å². The van der Waals surface area contributed by atoms with Gasteiger partial charge in [0.15, 0.2) is 0 Å². The van der Waals surface area contributed by atoms with Gasteiger partial charge in [-0.25, -0.2) is 4.68 Å². The third kappa shape index (κ3) is 4.22. The first kappa shape index (κ1) is 18.6. The van der Waals surface area contributed by atoms with Crippen LogP contribution < -0.4 is 4.90 Å². The van der Waals surface area contributed by atoms with E-state index in [9.17, 15) is 0 Å². The van der Waals surface area contributed by atoms with Crippen molar-refractivity contribution in [1.82, 2.24) is 25.1 Å². The summed E-state index contributed by atoms with van der Waals surface area (Å²) in [4.78, 5) is 4.67. The van der Waals surface area contributed by atoms with E-state index < -0.39 is 0 Å². The number of hydrogen-bond donors (Lipinski definition) is 0. The summed E-state index contributed by atoms with van der Waals surface area (Å²) in [6, 6.07) is 19.8. The summed E-state index contributed by atoms with van der Waals surface area (Å²) in [6.07, 6.45) is 3.54. The fourth-order valence-corrected chi connectivity index (χ4v) is 3.93. The Kier molecular flexibility index (Phi) is 5.67. The molecule has 0 bridgehead atoms. The molecule has 0 spiro atoms. The van der Waals surface area contributed by atoms with Crippen molar-refractivity contribution in [1.29, 1.82) is 0 Å². The van der Waals surface area contributed by atoms with Crippen LogP contribution in [0.25, 0.3) is 11.1 Å². The minimum absolute atomic E-state index is 0.639. The molecule has 6 nitrogen and oxygen atoms in total. The monoisotopic (exact) mass is 376 g/mol. The van der Waals surface area contributed by atoms with E-state index in [2.05, 4.69) is 88.0 Å². The molecule has 1 fully saturated rings. The maximum absolute atomic E-state index is 4.33. The number of aromatic nitrogens is 4. The van der Waals surface area contributed by atoms with Crippen molar-refractivity contribution in [2.45, 2.75) is 31.8 Å². The van der Waals surface area contributed by atoms with Crippen molar-refractivity contribution in [3.05, 3.63) is 60.2 Å². The van der Waals surface area contributed by atoms with Gasteiger partial charge in [0.2, 0.25) is 5.95 Å². The lowest BCUT2D eigenvalue weighted by Gasteiger charge is -2.23. The molecule has 0 saturated carbocycles.